The molecule has 2 aliphatic heterocycles. The highest BCUT2D eigenvalue weighted by molar-refractivity contribution is 5.96. The predicted octanol–water partition coefficient (Wildman–Crippen LogP) is 3.16. The van der Waals surface area contributed by atoms with Crippen LogP contribution in [0.25, 0.3) is 0 Å². The van der Waals surface area contributed by atoms with Gasteiger partial charge in [-0.1, -0.05) is 6.92 Å². The van der Waals surface area contributed by atoms with Gasteiger partial charge in [0.2, 0.25) is 5.91 Å². The summed E-state index contributed by atoms with van der Waals surface area (Å²) >= 11 is 0. The second-order valence-electron chi connectivity index (χ2n) is 7.03. The highest BCUT2D eigenvalue weighted by atomic mass is 16.5. The number of benzene rings is 1. The summed E-state index contributed by atoms with van der Waals surface area (Å²) in [7, 11) is 0. The second kappa shape index (κ2) is 8.43. The molecule has 2 unspecified atom stereocenters. The van der Waals surface area contributed by atoms with E-state index in [0.29, 0.717) is 25.6 Å². The zero-order valence-electron chi connectivity index (χ0n) is 15.7. The molecule has 2 heterocycles. The van der Waals surface area contributed by atoms with E-state index in [1.807, 2.05) is 36.1 Å². The molecular weight excluding hydrogens is 330 g/mol. The van der Waals surface area contributed by atoms with E-state index in [1.54, 1.807) is 4.90 Å². The van der Waals surface area contributed by atoms with Crippen molar-refractivity contribution in [2.75, 3.05) is 24.6 Å². The summed E-state index contributed by atoms with van der Waals surface area (Å²) in [6.07, 6.45) is 4.66. The molecule has 0 aromatic heterocycles. The molecule has 0 aliphatic carbocycles. The number of amides is 3. The van der Waals surface area contributed by atoms with Crippen LogP contribution in [0, 0.1) is 0 Å². The molecule has 1 N–H and O–H groups in total. The number of rotatable bonds is 5. The van der Waals surface area contributed by atoms with Gasteiger partial charge in [-0.2, -0.15) is 0 Å². The largest absolute Gasteiger partial charge is 0.494 e. The standard InChI is InChI=1S/C20H29N3O3/c1-3-16-7-5-6-12-22(16)20(25)21-15-13-19(24)23(14-15)17-8-10-18(11-9-17)26-4-2/h8-11,15-16H,3-7,12-14H2,1-2H3,(H,21,25). The average molecular weight is 359 g/mol. The van der Waals surface area contributed by atoms with Crippen LogP contribution in [0.3, 0.4) is 0 Å². The van der Waals surface area contributed by atoms with E-state index < -0.39 is 0 Å². The van der Waals surface area contributed by atoms with Gasteiger partial charge in [0.15, 0.2) is 0 Å². The Kier molecular flexibility index (Phi) is 6.01. The zero-order chi connectivity index (χ0) is 18.5. The lowest BCUT2D eigenvalue weighted by Crippen LogP contribution is -2.51. The summed E-state index contributed by atoms with van der Waals surface area (Å²) in [5.74, 6) is 0.841. The molecule has 0 spiro atoms. The Hall–Kier alpha value is -2.24. The van der Waals surface area contributed by atoms with Crippen LogP contribution >= 0.6 is 0 Å². The summed E-state index contributed by atoms with van der Waals surface area (Å²) in [6.45, 7) is 6.02. The van der Waals surface area contributed by atoms with E-state index in [9.17, 15) is 9.59 Å². The van der Waals surface area contributed by atoms with Crippen LogP contribution < -0.4 is 15.0 Å². The van der Waals surface area contributed by atoms with Crippen LogP contribution in [0.1, 0.15) is 46.0 Å². The summed E-state index contributed by atoms with van der Waals surface area (Å²) in [4.78, 5) is 28.8. The topological polar surface area (TPSA) is 61.9 Å². The Morgan fingerprint density at radius 3 is 2.69 bits per heavy atom. The Labute approximate surface area is 155 Å². The number of urea groups is 1. The van der Waals surface area contributed by atoms with Crippen LogP contribution in [0.4, 0.5) is 10.5 Å². The number of hydrogen-bond donors (Lipinski definition) is 1. The van der Waals surface area contributed by atoms with Crippen molar-refractivity contribution in [3.05, 3.63) is 24.3 Å². The van der Waals surface area contributed by atoms with Crippen molar-refractivity contribution in [1.82, 2.24) is 10.2 Å². The van der Waals surface area contributed by atoms with Gasteiger partial charge in [-0.25, -0.2) is 4.79 Å². The normalized spacial score (nSPS) is 23.2. The maximum absolute atomic E-state index is 12.7. The fourth-order valence-electron chi connectivity index (χ4n) is 3.89. The van der Waals surface area contributed by atoms with Gasteiger partial charge >= 0.3 is 6.03 Å². The summed E-state index contributed by atoms with van der Waals surface area (Å²) in [6, 6.07) is 7.69. The van der Waals surface area contributed by atoms with Gasteiger partial charge < -0.3 is 19.9 Å². The lowest BCUT2D eigenvalue weighted by atomic mass is 10.0. The molecule has 0 radical (unpaired) electrons. The number of carbonyl (C=O) groups is 2. The van der Waals surface area contributed by atoms with Crippen molar-refractivity contribution < 1.29 is 14.3 Å². The number of nitrogens with one attached hydrogen (secondary N) is 1. The molecule has 3 rings (SSSR count). The fraction of sp³-hybridized carbons (Fsp3) is 0.600. The number of nitrogens with zero attached hydrogens (tertiary/aromatic N) is 2. The molecule has 1 aromatic carbocycles. The number of anilines is 1. The van der Waals surface area contributed by atoms with Crippen LogP contribution in [0.5, 0.6) is 5.75 Å². The van der Waals surface area contributed by atoms with E-state index in [2.05, 4.69) is 12.2 Å². The minimum Gasteiger partial charge on any atom is -0.494 e. The van der Waals surface area contributed by atoms with E-state index >= 15 is 0 Å². The molecule has 2 atom stereocenters. The summed E-state index contributed by atoms with van der Waals surface area (Å²) in [5.41, 5.74) is 0.847. The van der Waals surface area contributed by atoms with Gasteiger partial charge in [-0.3, -0.25) is 4.79 Å². The van der Waals surface area contributed by atoms with Gasteiger partial charge in [0.05, 0.1) is 12.6 Å². The second-order valence-corrected chi connectivity index (χ2v) is 7.03. The molecule has 6 nitrogen and oxygen atoms in total. The Morgan fingerprint density at radius 2 is 2.00 bits per heavy atom. The number of ether oxygens (including phenoxy) is 1. The van der Waals surface area contributed by atoms with E-state index in [-0.39, 0.29) is 18.0 Å². The van der Waals surface area contributed by atoms with Gasteiger partial charge in [0, 0.05) is 31.2 Å². The molecule has 1 aromatic rings. The number of carbonyl (C=O) groups excluding carboxylic acids is 2. The maximum atomic E-state index is 12.7. The first-order valence-electron chi connectivity index (χ1n) is 9.72. The van der Waals surface area contributed by atoms with Gasteiger partial charge in [-0.05, 0) is 56.9 Å². The van der Waals surface area contributed by atoms with Crippen LogP contribution in [-0.2, 0) is 4.79 Å². The predicted molar refractivity (Wildman–Crippen MR) is 102 cm³/mol. The molecule has 0 bridgehead atoms. The first-order valence-corrected chi connectivity index (χ1v) is 9.72. The minimum absolute atomic E-state index is 0.0251. The SMILES string of the molecule is CCOc1ccc(N2CC(NC(=O)N3CCCCC3CC)CC2=O)cc1. The smallest absolute Gasteiger partial charge is 0.317 e. The quantitative estimate of drug-likeness (QED) is 0.878. The molecule has 26 heavy (non-hydrogen) atoms. The number of piperidine rings is 1. The highest BCUT2D eigenvalue weighted by Crippen LogP contribution is 2.25. The highest BCUT2D eigenvalue weighted by Gasteiger charge is 2.34. The molecule has 2 saturated heterocycles. The third-order valence-electron chi connectivity index (χ3n) is 5.27. The van der Waals surface area contributed by atoms with Crippen LogP contribution in [-0.4, -0.2) is 48.6 Å². The van der Waals surface area contributed by atoms with Crippen LogP contribution in [0.15, 0.2) is 24.3 Å². The Morgan fingerprint density at radius 1 is 1.23 bits per heavy atom. The van der Waals surface area contributed by atoms with Crippen molar-refractivity contribution in [1.29, 1.82) is 0 Å². The van der Waals surface area contributed by atoms with Crippen molar-refractivity contribution in [2.45, 2.75) is 58.0 Å². The van der Waals surface area contributed by atoms with Crippen molar-refractivity contribution in [3.8, 4) is 5.75 Å². The Bertz CT molecular complexity index is 632. The zero-order valence-corrected chi connectivity index (χ0v) is 15.7. The third-order valence-corrected chi connectivity index (χ3v) is 5.27. The summed E-state index contributed by atoms with van der Waals surface area (Å²) < 4.78 is 5.45. The molecule has 2 fully saturated rings. The molecule has 3 amide bonds. The van der Waals surface area contributed by atoms with Crippen molar-refractivity contribution >= 4 is 17.6 Å². The van der Waals surface area contributed by atoms with E-state index in [0.717, 1.165) is 37.2 Å². The third kappa shape index (κ3) is 4.11. The van der Waals surface area contributed by atoms with Gasteiger partial charge in [0.25, 0.3) is 0 Å². The summed E-state index contributed by atoms with van der Waals surface area (Å²) in [5, 5.41) is 3.07. The number of likely N-dealkylation sites (tertiary alicyclic amines) is 1. The maximum Gasteiger partial charge on any atom is 0.317 e. The Balaban J connectivity index is 1.59. The van der Waals surface area contributed by atoms with Crippen molar-refractivity contribution in [2.24, 2.45) is 0 Å². The molecule has 142 valence electrons. The van der Waals surface area contributed by atoms with Crippen molar-refractivity contribution in [3.63, 3.8) is 0 Å². The molecule has 2 aliphatic rings. The lowest BCUT2D eigenvalue weighted by Gasteiger charge is -2.35. The molecule has 0 saturated carbocycles. The van der Waals surface area contributed by atoms with Gasteiger partial charge in [-0.15, -0.1) is 0 Å². The molecule has 6 heteroatoms. The lowest BCUT2D eigenvalue weighted by molar-refractivity contribution is -0.117. The minimum atomic E-state index is -0.138. The monoisotopic (exact) mass is 359 g/mol. The first-order chi connectivity index (χ1) is 12.6. The number of hydrogen-bond acceptors (Lipinski definition) is 3. The van der Waals surface area contributed by atoms with E-state index in [1.165, 1.54) is 6.42 Å². The van der Waals surface area contributed by atoms with E-state index in [4.69, 9.17) is 4.74 Å². The first kappa shape index (κ1) is 18.5. The molecular formula is C20H29N3O3. The average Bonchev–Trinajstić information content (AvgIpc) is 3.02. The fourth-order valence-corrected chi connectivity index (χ4v) is 3.89. The van der Waals surface area contributed by atoms with Gasteiger partial charge in [0.1, 0.15) is 5.75 Å². The van der Waals surface area contributed by atoms with Crippen LogP contribution in [0.2, 0.25) is 0 Å².